The lowest BCUT2D eigenvalue weighted by Crippen LogP contribution is -2.33. The lowest BCUT2D eigenvalue weighted by molar-refractivity contribution is 0.0670. The van der Waals surface area contributed by atoms with E-state index in [0.29, 0.717) is 6.04 Å². The number of unbranched alkanes of at least 4 members (excludes halogenated alkanes) is 1. The molecule has 0 fully saturated rings. The molecule has 0 aliphatic carbocycles. The van der Waals surface area contributed by atoms with Crippen LogP contribution in [0.25, 0.3) is 0 Å². The molecule has 17 heavy (non-hydrogen) atoms. The molecule has 0 saturated heterocycles. The highest BCUT2D eigenvalue weighted by molar-refractivity contribution is 5.19. The van der Waals surface area contributed by atoms with E-state index in [1.807, 2.05) is 25.2 Å². The van der Waals surface area contributed by atoms with Crippen LogP contribution >= 0.6 is 0 Å². The topological polar surface area (TPSA) is 21.3 Å². The second-order valence-electron chi connectivity index (χ2n) is 4.06. The van der Waals surface area contributed by atoms with Gasteiger partial charge in [0, 0.05) is 19.6 Å². The first-order valence-corrected chi connectivity index (χ1v) is 6.02. The summed E-state index contributed by atoms with van der Waals surface area (Å²) in [7, 11) is 3.72. The van der Waals surface area contributed by atoms with Crippen LogP contribution < -0.4 is 5.32 Å². The third-order valence-corrected chi connectivity index (χ3v) is 2.95. The van der Waals surface area contributed by atoms with Gasteiger partial charge in [-0.1, -0.05) is 30.3 Å². The van der Waals surface area contributed by atoms with E-state index in [1.165, 1.54) is 5.56 Å². The quantitative estimate of drug-likeness (QED) is 0.575. The van der Waals surface area contributed by atoms with E-state index in [4.69, 9.17) is 11.2 Å². The van der Waals surface area contributed by atoms with Gasteiger partial charge in [-0.3, -0.25) is 0 Å². The summed E-state index contributed by atoms with van der Waals surface area (Å²) in [5.74, 6) is 2.68. The summed E-state index contributed by atoms with van der Waals surface area (Å²) in [6.45, 7) is 0. The highest BCUT2D eigenvalue weighted by Gasteiger charge is 2.20. The van der Waals surface area contributed by atoms with Gasteiger partial charge < -0.3 is 10.1 Å². The van der Waals surface area contributed by atoms with Crippen molar-refractivity contribution in [3.63, 3.8) is 0 Å². The van der Waals surface area contributed by atoms with Gasteiger partial charge in [0.2, 0.25) is 0 Å². The van der Waals surface area contributed by atoms with E-state index in [0.717, 1.165) is 19.3 Å². The number of hydrogen-bond donors (Lipinski definition) is 1. The highest BCUT2D eigenvalue weighted by atomic mass is 16.5. The van der Waals surface area contributed by atoms with Crippen molar-refractivity contribution in [2.45, 2.75) is 31.4 Å². The van der Waals surface area contributed by atoms with E-state index < -0.39 is 0 Å². The SMILES string of the molecule is C#CCCCC(NC)C(OC)c1ccccc1. The van der Waals surface area contributed by atoms with Gasteiger partial charge in [0.05, 0.1) is 6.10 Å². The van der Waals surface area contributed by atoms with Crippen LogP contribution in [0.15, 0.2) is 30.3 Å². The molecule has 0 amide bonds. The van der Waals surface area contributed by atoms with Crippen molar-refractivity contribution in [1.82, 2.24) is 5.32 Å². The van der Waals surface area contributed by atoms with Crippen molar-refractivity contribution in [3.05, 3.63) is 35.9 Å². The minimum absolute atomic E-state index is 0.0824. The Morgan fingerprint density at radius 1 is 1.35 bits per heavy atom. The molecule has 0 bridgehead atoms. The Morgan fingerprint density at radius 2 is 2.06 bits per heavy atom. The fraction of sp³-hybridized carbons (Fsp3) is 0.467. The predicted molar refractivity (Wildman–Crippen MR) is 71.7 cm³/mol. The first kappa shape index (κ1) is 13.8. The molecule has 0 aliphatic heterocycles. The average molecular weight is 231 g/mol. The normalized spacial score (nSPS) is 13.9. The molecule has 2 atom stereocenters. The number of benzene rings is 1. The van der Waals surface area contributed by atoms with Crippen molar-refractivity contribution >= 4 is 0 Å². The monoisotopic (exact) mass is 231 g/mol. The smallest absolute Gasteiger partial charge is 0.0973 e. The maximum absolute atomic E-state index is 5.61. The van der Waals surface area contributed by atoms with Crippen LogP contribution in [0.1, 0.15) is 30.9 Å². The van der Waals surface area contributed by atoms with Gasteiger partial charge in [0.15, 0.2) is 0 Å². The summed E-state index contributed by atoms with van der Waals surface area (Å²) in [4.78, 5) is 0. The van der Waals surface area contributed by atoms with E-state index in [1.54, 1.807) is 7.11 Å². The Hall–Kier alpha value is -1.30. The zero-order valence-corrected chi connectivity index (χ0v) is 10.6. The van der Waals surface area contributed by atoms with Gasteiger partial charge in [-0.15, -0.1) is 12.3 Å². The molecule has 0 radical (unpaired) electrons. The lowest BCUT2D eigenvalue weighted by Gasteiger charge is -2.26. The molecular formula is C15H21NO. The second-order valence-corrected chi connectivity index (χ2v) is 4.06. The van der Waals surface area contributed by atoms with Gasteiger partial charge in [0.25, 0.3) is 0 Å². The Morgan fingerprint density at radius 3 is 2.59 bits per heavy atom. The Balaban J connectivity index is 2.67. The number of hydrogen-bond acceptors (Lipinski definition) is 2. The standard InChI is InChI=1S/C15H21NO/c1-4-5-7-12-14(16-2)15(17-3)13-10-8-6-9-11-13/h1,6,8-11,14-16H,5,7,12H2,2-3H3. The Labute approximate surface area is 104 Å². The van der Waals surface area contributed by atoms with Crippen LogP contribution in [0.2, 0.25) is 0 Å². The molecule has 1 aromatic carbocycles. The van der Waals surface area contributed by atoms with Crippen molar-refractivity contribution in [2.75, 3.05) is 14.2 Å². The van der Waals surface area contributed by atoms with Gasteiger partial charge in [-0.2, -0.15) is 0 Å². The summed E-state index contributed by atoms with van der Waals surface area (Å²) in [5, 5.41) is 3.32. The molecule has 2 nitrogen and oxygen atoms in total. The highest BCUT2D eigenvalue weighted by Crippen LogP contribution is 2.23. The van der Waals surface area contributed by atoms with E-state index in [-0.39, 0.29) is 6.10 Å². The summed E-state index contributed by atoms with van der Waals surface area (Å²) in [5.41, 5.74) is 1.20. The molecule has 1 aromatic rings. The first-order chi connectivity index (χ1) is 8.33. The third-order valence-electron chi connectivity index (χ3n) is 2.95. The van der Waals surface area contributed by atoms with Gasteiger partial charge in [-0.05, 0) is 25.5 Å². The fourth-order valence-electron chi connectivity index (χ4n) is 2.05. The molecule has 2 heteroatoms. The van der Waals surface area contributed by atoms with Crippen LogP contribution in [-0.4, -0.2) is 20.2 Å². The van der Waals surface area contributed by atoms with Crippen LogP contribution in [0, 0.1) is 12.3 Å². The zero-order valence-electron chi connectivity index (χ0n) is 10.6. The van der Waals surface area contributed by atoms with E-state index in [2.05, 4.69) is 23.4 Å². The third kappa shape index (κ3) is 4.22. The zero-order chi connectivity index (χ0) is 12.5. The predicted octanol–water partition coefficient (Wildman–Crippen LogP) is 2.77. The molecule has 1 rings (SSSR count). The molecule has 0 heterocycles. The molecule has 1 N–H and O–H groups in total. The van der Waals surface area contributed by atoms with Crippen LogP contribution in [0.3, 0.4) is 0 Å². The Bertz CT molecular complexity index is 342. The van der Waals surface area contributed by atoms with Gasteiger partial charge in [0.1, 0.15) is 0 Å². The molecule has 0 spiro atoms. The maximum atomic E-state index is 5.61. The first-order valence-electron chi connectivity index (χ1n) is 6.02. The molecular weight excluding hydrogens is 210 g/mol. The molecule has 2 unspecified atom stereocenters. The van der Waals surface area contributed by atoms with Crippen molar-refractivity contribution in [2.24, 2.45) is 0 Å². The number of methoxy groups -OCH3 is 1. The minimum Gasteiger partial charge on any atom is -0.375 e. The van der Waals surface area contributed by atoms with E-state index >= 15 is 0 Å². The maximum Gasteiger partial charge on any atom is 0.0973 e. The lowest BCUT2D eigenvalue weighted by atomic mass is 9.97. The summed E-state index contributed by atoms with van der Waals surface area (Å²) < 4.78 is 5.61. The summed E-state index contributed by atoms with van der Waals surface area (Å²) >= 11 is 0. The number of nitrogens with one attached hydrogen (secondary N) is 1. The number of likely N-dealkylation sites (N-methyl/N-ethyl adjacent to an activating group) is 1. The molecule has 0 aromatic heterocycles. The van der Waals surface area contributed by atoms with E-state index in [9.17, 15) is 0 Å². The number of rotatable bonds is 7. The van der Waals surface area contributed by atoms with Crippen molar-refractivity contribution < 1.29 is 4.74 Å². The Kier molecular flexibility index (Phi) is 6.39. The number of ether oxygens (including phenoxy) is 1. The van der Waals surface area contributed by atoms with Crippen LogP contribution in [0.5, 0.6) is 0 Å². The van der Waals surface area contributed by atoms with Crippen LogP contribution in [0.4, 0.5) is 0 Å². The second kappa shape index (κ2) is 7.89. The number of terminal acetylenes is 1. The summed E-state index contributed by atoms with van der Waals surface area (Å²) in [6, 6.07) is 10.6. The fourth-order valence-corrected chi connectivity index (χ4v) is 2.05. The van der Waals surface area contributed by atoms with Crippen LogP contribution in [-0.2, 0) is 4.74 Å². The van der Waals surface area contributed by atoms with Gasteiger partial charge in [-0.25, -0.2) is 0 Å². The summed E-state index contributed by atoms with van der Waals surface area (Å²) in [6.07, 6.45) is 8.22. The molecule has 0 aliphatic rings. The molecule has 0 saturated carbocycles. The van der Waals surface area contributed by atoms with Crippen molar-refractivity contribution in [1.29, 1.82) is 0 Å². The van der Waals surface area contributed by atoms with Gasteiger partial charge >= 0.3 is 0 Å². The molecule has 92 valence electrons. The minimum atomic E-state index is 0.0824. The average Bonchev–Trinajstić information content (AvgIpc) is 2.39. The van der Waals surface area contributed by atoms with Crippen molar-refractivity contribution in [3.8, 4) is 12.3 Å². The largest absolute Gasteiger partial charge is 0.375 e.